The number of hydrogen-bond donors (Lipinski definition) is 1. The van der Waals surface area contributed by atoms with E-state index >= 15 is 0 Å². The first kappa shape index (κ1) is 12.2. The Hall–Kier alpha value is -0.820. The Morgan fingerprint density at radius 1 is 1.06 bits per heavy atom. The summed E-state index contributed by atoms with van der Waals surface area (Å²) in [6, 6.07) is 8.90. The van der Waals surface area contributed by atoms with E-state index < -0.39 is 0 Å². The van der Waals surface area contributed by atoms with Gasteiger partial charge < -0.3 is 5.32 Å². The second-order valence-corrected chi connectivity index (χ2v) is 6.10. The van der Waals surface area contributed by atoms with Crippen LogP contribution < -0.4 is 5.32 Å². The number of rotatable bonds is 5. The van der Waals surface area contributed by atoms with Crippen molar-refractivity contribution < 1.29 is 0 Å². The fourth-order valence-electron chi connectivity index (χ4n) is 3.60. The van der Waals surface area contributed by atoms with E-state index in [2.05, 4.69) is 29.6 Å². The third-order valence-corrected chi connectivity index (χ3v) is 4.81. The van der Waals surface area contributed by atoms with Gasteiger partial charge in [-0.05, 0) is 36.4 Å². The molecule has 1 nitrogen and oxygen atoms in total. The third kappa shape index (κ3) is 2.77. The van der Waals surface area contributed by atoms with Crippen molar-refractivity contribution in [2.24, 2.45) is 5.92 Å². The van der Waals surface area contributed by atoms with E-state index in [-0.39, 0.29) is 0 Å². The largest absolute Gasteiger partial charge is 0.316 e. The van der Waals surface area contributed by atoms with Gasteiger partial charge in [0.15, 0.2) is 0 Å². The number of benzene rings is 1. The first-order chi connectivity index (χ1) is 8.93. The zero-order valence-electron chi connectivity index (χ0n) is 11.3. The standard InChI is InChI=1S/C17H25N/c1-2-6-14(7-3-1)10-11-18-13-16-12-15-8-4-5-9-17(15)16/h4-5,8-9,14,16,18H,1-3,6-7,10-13H2. The highest BCUT2D eigenvalue weighted by molar-refractivity contribution is 5.40. The Bertz CT molecular complexity index is 379. The molecule has 0 aromatic heterocycles. The minimum Gasteiger partial charge on any atom is -0.316 e. The number of fused-ring (bicyclic) bond motifs is 1. The Kier molecular flexibility index (Phi) is 3.99. The number of hydrogen-bond acceptors (Lipinski definition) is 1. The lowest BCUT2D eigenvalue weighted by Gasteiger charge is -2.30. The number of nitrogens with one attached hydrogen (secondary N) is 1. The van der Waals surface area contributed by atoms with Crippen molar-refractivity contribution in [3.63, 3.8) is 0 Å². The van der Waals surface area contributed by atoms with Crippen molar-refractivity contribution >= 4 is 0 Å². The molecule has 0 radical (unpaired) electrons. The van der Waals surface area contributed by atoms with Gasteiger partial charge in [-0.15, -0.1) is 0 Å². The molecule has 0 aliphatic heterocycles. The molecule has 1 atom stereocenters. The van der Waals surface area contributed by atoms with E-state index in [1.54, 1.807) is 11.1 Å². The van der Waals surface area contributed by atoms with Crippen LogP contribution in [0.5, 0.6) is 0 Å². The summed E-state index contributed by atoms with van der Waals surface area (Å²) in [4.78, 5) is 0. The predicted molar refractivity (Wildman–Crippen MR) is 76.9 cm³/mol. The summed E-state index contributed by atoms with van der Waals surface area (Å²) in [5.41, 5.74) is 3.15. The molecule has 0 heterocycles. The maximum Gasteiger partial charge on any atom is 0.00234 e. The third-order valence-electron chi connectivity index (χ3n) is 4.81. The zero-order chi connectivity index (χ0) is 12.2. The van der Waals surface area contributed by atoms with Crippen molar-refractivity contribution in [1.29, 1.82) is 0 Å². The topological polar surface area (TPSA) is 12.0 Å². The molecule has 3 rings (SSSR count). The maximum absolute atomic E-state index is 3.68. The lowest BCUT2D eigenvalue weighted by Crippen LogP contribution is -2.30. The van der Waals surface area contributed by atoms with Gasteiger partial charge >= 0.3 is 0 Å². The Morgan fingerprint density at radius 2 is 1.89 bits per heavy atom. The molecule has 1 N–H and O–H groups in total. The molecule has 98 valence electrons. The second-order valence-electron chi connectivity index (χ2n) is 6.10. The smallest absolute Gasteiger partial charge is 0.00234 e. The van der Waals surface area contributed by atoms with Crippen LogP contribution in [-0.2, 0) is 6.42 Å². The summed E-state index contributed by atoms with van der Waals surface area (Å²) in [5, 5.41) is 3.68. The molecule has 0 amide bonds. The molecule has 2 aliphatic carbocycles. The highest BCUT2D eigenvalue weighted by Crippen LogP contribution is 2.34. The van der Waals surface area contributed by atoms with Gasteiger partial charge in [0.25, 0.3) is 0 Å². The van der Waals surface area contributed by atoms with E-state index in [1.807, 2.05) is 0 Å². The highest BCUT2D eigenvalue weighted by atomic mass is 14.9. The van der Waals surface area contributed by atoms with Gasteiger partial charge in [-0.1, -0.05) is 56.4 Å². The molecule has 1 heteroatoms. The van der Waals surface area contributed by atoms with Gasteiger partial charge in [0.05, 0.1) is 0 Å². The predicted octanol–water partition coefficient (Wildman–Crippen LogP) is 3.89. The molecule has 1 saturated carbocycles. The van der Waals surface area contributed by atoms with Crippen molar-refractivity contribution in [2.45, 2.75) is 50.9 Å². The van der Waals surface area contributed by atoms with E-state index in [0.717, 1.165) is 11.8 Å². The van der Waals surface area contributed by atoms with Crippen LogP contribution in [0.25, 0.3) is 0 Å². The van der Waals surface area contributed by atoms with Gasteiger partial charge in [-0.3, -0.25) is 0 Å². The first-order valence-corrected chi connectivity index (χ1v) is 7.72. The van der Waals surface area contributed by atoms with E-state index in [1.165, 1.54) is 58.0 Å². The summed E-state index contributed by atoms with van der Waals surface area (Å²) < 4.78 is 0. The summed E-state index contributed by atoms with van der Waals surface area (Å²) >= 11 is 0. The quantitative estimate of drug-likeness (QED) is 0.774. The van der Waals surface area contributed by atoms with Crippen LogP contribution in [0.15, 0.2) is 24.3 Å². The normalized spacial score (nSPS) is 23.4. The summed E-state index contributed by atoms with van der Waals surface area (Å²) in [6.07, 6.45) is 10.1. The van der Waals surface area contributed by atoms with Crippen molar-refractivity contribution in [3.8, 4) is 0 Å². The van der Waals surface area contributed by atoms with Crippen LogP contribution in [0.1, 0.15) is 55.6 Å². The summed E-state index contributed by atoms with van der Waals surface area (Å²) in [7, 11) is 0. The van der Waals surface area contributed by atoms with Crippen molar-refractivity contribution in [2.75, 3.05) is 13.1 Å². The SMILES string of the molecule is c1ccc2c(c1)CC2CNCCC1CCCCC1. The van der Waals surface area contributed by atoms with Crippen LogP contribution in [0, 0.1) is 5.92 Å². The van der Waals surface area contributed by atoms with Gasteiger partial charge in [-0.25, -0.2) is 0 Å². The van der Waals surface area contributed by atoms with Crippen molar-refractivity contribution in [1.82, 2.24) is 5.32 Å². The average molecular weight is 243 g/mol. The molecule has 1 aromatic rings. The fraction of sp³-hybridized carbons (Fsp3) is 0.647. The zero-order valence-corrected chi connectivity index (χ0v) is 11.3. The minimum absolute atomic E-state index is 0.785. The van der Waals surface area contributed by atoms with E-state index in [0.29, 0.717) is 0 Å². The van der Waals surface area contributed by atoms with Gasteiger partial charge in [0.1, 0.15) is 0 Å². The van der Waals surface area contributed by atoms with Crippen LogP contribution in [-0.4, -0.2) is 13.1 Å². The van der Waals surface area contributed by atoms with Crippen LogP contribution in [0.4, 0.5) is 0 Å². The molecular weight excluding hydrogens is 218 g/mol. The molecule has 1 aromatic carbocycles. The Labute approximate surface area is 111 Å². The molecule has 0 saturated heterocycles. The highest BCUT2D eigenvalue weighted by Gasteiger charge is 2.24. The van der Waals surface area contributed by atoms with Gasteiger partial charge in [-0.2, -0.15) is 0 Å². The molecular formula is C17H25N. The lowest BCUT2D eigenvalue weighted by molar-refractivity contribution is 0.332. The maximum atomic E-state index is 3.68. The lowest BCUT2D eigenvalue weighted by atomic mass is 9.77. The average Bonchev–Trinajstić information content (AvgIpc) is 2.40. The molecule has 0 bridgehead atoms. The van der Waals surface area contributed by atoms with Gasteiger partial charge in [0, 0.05) is 12.5 Å². The van der Waals surface area contributed by atoms with Crippen LogP contribution >= 0.6 is 0 Å². The second kappa shape index (κ2) is 5.88. The van der Waals surface area contributed by atoms with E-state index in [4.69, 9.17) is 0 Å². The molecule has 1 unspecified atom stereocenters. The molecule has 0 spiro atoms. The first-order valence-electron chi connectivity index (χ1n) is 7.72. The molecule has 18 heavy (non-hydrogen) atoms. The molecule has 2 aliphatic rings. The monoisotopic (exact) mass is 243 g/mol. The Balaban J connectivity index is 1.34. The van der Waals surface area contributed by atoms with Crippen LogP contribution in [0.2, 0.25) is 0 Å². The Morgan fingerprint density at radius 3 is 2.72 bits per heavy atom. The van der Waals surface area contributed by atoms with Crippen LogP contribution in [0.3, 0.4) is 0 Å². The summed E-state index contributed by atoms with van der Waals surface area (Å²) in [5.74, 6) is 1.80. The van der Waals surface area contributed by atoms with Gasteiger partial charge in [0.2, 0.25) is 0 Å². The summed E-state index contributed by atoms with van der Waals surface area (Å²) in [6.45, 7) is 2.41. The minimum atomic E-state index is 0.785. The van der Waals surface area contributed by atoms with E-state index in [9.17, 15) is 0 Å². The van der Waals surface area contributed by atoms with Crippen molar-refractivity contribution in [3.05, 3.63) is 35.4 Å². The molecule has 1 fully saturated rings. The fourth-order valence-corrected chi connectivity index (χ4v) is 3.60.